The minimum Gasteiger partial charge on any atom is -0.437 e. The molecule has 2 unspecified atom stereocenters. The number of hydrogen-bond acceptors (Lipinski definition) is 6. The van der Waals surface area contributed by atoms with Gasteiger partial charge in [-0.1, -0.05) is 24.3 Å². The van der Waals surface area contributed by atoms with Crippen LogP contribution >= 0.6 is 0 Å². The SMILES string of the molecule is CC(OC(N)=O)C(=O)NC(C(=O)N1CCC[C@H]1C(=O)N[C@@H]1CCCc2ccccc21)C1CCNCC1. The zero-order valence-corrected chi connectivity index (χ0v) is 20.8. The van der Waals surface area contributed by atoms with Crippen molar-refractivity contribution in [1.82, 2.24) is 20.9 Å². The van der Waals surface area contributed by atoms with E-state index in [1.165, 1.54) is 12.5 Å². The first-order chi connectivity index (χ1) is 17.3. The summed E-state index contributed by atoms with van der Waals surface area (Å²) in [7, 11) is 0. The van der Waals surface area contributed by atoms with Crippen LogP contribution in [0.4, 0.5) is 4.79 Å². The topological polar surface area (TPSA) is 143 Å². The lowest BCUT2D eigenvalue weighted by molar-refractivity contribution is -0.144. The summed E-state index contributed by atoms with van der Waals surface area (Å²) in [4.78, 5) is 52.7. The molecule has 0 aromatic heterocycles. The summed E-state index contributed by atoms with van der Waals surface area (Å²) >= 11 is 0. The molecule has 0 bridgehead atoms. The van der Waals surface area contributed by atoms with E-state index >= 15 is 0 Å². The first-order valence-corrected chi connectivity index (χ1v) is 13.0. The standard InChI is InChI=1S/C26H37N5O5/c1-16(36-26(27)35)23(32)30-22(18-11-13-28-14-12-18)25(34)31-15-5-10-21(31)24(33)29-20-9-4-7-17-6-2-3-8-19(17)20/h2-3,6,8,16,18,20-22,28H,4-5,7,9-15H2,1H3,(H2,27,35)(H,29,33)(H,30,32)/t16?,20-,21+,22?/m1/s1. The molecule has 10 nitrogen and oxygen atoms in total. The maximum atomic E-state index is 13.8. The number of carbonyl (C=O) groups is 4. The van der Waals surface area contributed by atoms with E-state index in [1.54, 1.807) is 4.90 Å². The number of carbonyl (C=O) groups excluding carboxylic acids is 4. The number of benzene rings is 1. The summed E-state index contributed by atoms with van der Waals surface area (Å²) in [6.07, 6.45) is 3.44. The Kier molecular flexibility index (Phi) is 8.45. The fraction of sp³-hybridized carbons (Fsp3) is 0.615. The minimum atomic E-state index is -1.12. The van der Waals surface area contributed by atoms with Crippen LogP contribution in [0, 0.1) is 5.92 Å². The van der Waals surface area contributed by atoms with Crippen molar-refractivity contribution in [1.29, 1.82) is 0 Å². The Morgan fingerprint density at radius 2 is 1.83 bits per heavy atom. The van der Waals surface area contributed by atoms with Crippen LogP contribution in [0.15, 0.2) is 24.3 Å². The zero-order valence-electron chi connectivity index (χ0n) is 20.8. The molecular weight excluding hydrogens is 462 g/mol. The Balaban J connectivity index is 1.47. The first kappa shape index (κ1) is 25.9. The normalized spacial score (nSPS) is 23.8. The molecule has 0 radical (unpaired) electrons. The van der Waals surface area contributed by atoms with Crippen LogP contribution in [0.5, 0.6) is 0 Å². The van der Waals surface area contributed by atoms with E-state index in [-0.39, 0.29) is 23.8 Å². The highest BCUT2D eigenvalue weighted by atomic mass is 16.6. The van der Waals surface area contributed by atoms with E-state index in [9.17, 15) is 19.2 Å². The molecule has 2 saturated heterocycles. The zero-order chi connectivity index (χ0) is 25.7. The van der Waals surface area contributed by atoms with Gasteiger partial charge in [0.1, 0.15) is 12.1 Å². The van der Waals surface area contributed by atoms with Crippen molar-refractivity contribution in [3.8, 4) is 0 Å². The molecule has 1 aromatic rings. The molecule has 4 atom stereocenters. The third-order valence-electron chi connectivity index (χ3n) is 7.61. The van der Waals surface area contributed by atoms with E-state index in [4.69, 9.17) is 10.5 Å². The van der Waals surface area contributed by atoms with Crippen molar-refractivity contribution in [2.24, 2.45) is 11.7 Å². The van der Waals surface area contributed by atoms with Crippen molar-refractivity contribution in [3.63, 3.8) is 0 Å². The number of nitrogens with one attached hydrogen (secondary N) is 3. The number of amides is 4. The lowest BCUT2D eigenvalue weighted by Crippen LogP contribution is -2.58. The largest absolute Gasteiger partial charge is 0.437 e. The predicted octanol–water partition coefficient (Wildman–Crippen LogP) is 1.14. The fourth-order valence-electron chi connectivity index (χ4n) is 5.71. The number of likely N-dealkylation sites (tertiary alicyclic amines) is 1. The van der Waals surface area contributed by atoms with Gasteiger partial charge in [-0.3, -0.25) is 14.4 Å². The van der Waals surface area contributed by atoms with Gasteiger partial charge in [0.05, 0.1) is 6.04 Å². The number of aryl methyl sites for hydroxylation is 1. The molecule has 196 valence electrons. The Labute approximate surface area is 211 Å². The van der Waals surface area contributed by atoms with Crippen molar-refractivity contribution < 1.29 is 23.9 Å². The van der Waals surface area contributed by atoms with Crippen LogP contribution in [0.3, 0.4) is 0 Å². The summed E-state index contributed by atoms with van der Waals surface area (Å²) in [5.41, 5.74) is 7.46. The Bertz CT molecular complexity index is 979. The van der Waals surface area contributed by atoms with E-state index in [0.29, 0.717) is 25.8 Å². The van der Waals surface area contributed by atoms with Crippen molar-refractivity contribution in [3.05, 3.63) is 35.4 Å². The van der Waals surface area contributed by atoms with Gasteiger partial charge in [-0.2, -0.15) is 0 Å². The second kappa shape index (κ2) is 11.7. The van der Waals surface area contributed by atoms with Crippen molar-refractivity contribution in [2.75, 3.05) is 19.6 Å². The Morgan fingerprint density at radius 1 is 1.08 bits per heavy atom. The highest BCUT2D eigenvalue weighted by Gasteiger charge is 2.41. The fourth-order valence-corrected chi connectivity index (χ4v) is 5.71. The van der Waals surface area contributed by atoms with E-state index in [0.717, 1.165) is 44.3 Å². The lowest BCUT2D eigenvalue weighted by Gasteiger charge is -2.35. The predicted molar refractivity (Wildman–Crippen MR) is 133 cm³/mol. The van der Waals surface area contributed by atoms with Crippen LogP contribution in [-0.2, 0) is 25.5 Å². The van der Waals surface area contributed by atoms with Gasteiger partial charge in [-0.15, -0.1) is 0 Å². The maximum Gasteiger partial charge on any atom is 0.405 e. The number of nitrogens with zero attached hydrogens (tertiary/aromatic N) is 1. The molecular formula is C26H37N5O5. The van der Waals surface area contributed by atoms with Crippen molar-refractivity contribution >= 4 is 23.8 Å². The highest BCUT2D eigenvalue weighted by Crippen LogP contribution is 2.30. The lowest BCUT2D eigenvalue weighted by atomic mass is 9.87. The third kappa shape index (κ3) is 5.98. The number of ether oxygens (including phenoxy) is 1. The molecule has 36 heavy (non-hydrogen) atoms. The summed E-state index contributed by atoms with van der Waals surface area (Å²) in [5, 5.41) is 9.27. The molecule has 2 heterocycles. The third-order valence-corrected chi connectivity index (χ3v) is 7.61. The maximum absolute atomic E-state index is 13.8. The molecule has 0 spiro atoms. The van der Waals surface area contributed by atoms with Crippen molar-refractivity contribution in [2.45, 2.75) is 76.1 Å². The second-order valence-corrected chi connectivity index (χ2v) is 9.99. The summed E-state index contributed by atoms with van der Waals surface area (Å²) in [6, 6.07) is 6.74. The molecule has 4 rings (SSSR count). The van der Waals surface area contributed by atoms with Crippen LogP contribution < -0.4 is 21.7 Å². The number of nitrogens with two attached hydrogens (primary N) is 1. The highest BCUT2D eigenvalue weighted by molar-refractivity contribution is 5.94. The number of piperidine rings is 1. The van der Waals surface area contributed by atoms with Gasteiger partial charge in [0.25, 0.3) is 5.91 Å². The number of hydrogen-bond donors (Lipinski definition) is 4. The van der Waals surface area contributed by atoms with E-state index in [1.807, 2.05) is 12.1 Å². The number of rotatable bonds is 7. The Morgan fingerprint density at radius 3 is 2.58 bits per heavy atom. The second-order valence-electron chi connectivity index (χ2n) is 9.99. The van der Waals surface area contributed by atoms with Gasteiger partial charge < -0.3 is 31.3 Å². The molecule has 0 saturated carbocycles. The molecule has 1 aromatic carbocycles. The monoisotopic (exact) mass is 499 g/mol. The van der Waals surface area contributed by atoms with Gasteiger partial charge in [0, 0.05) is 6.54 Å². The number of fused-ring (bicyclic) bond motifs is 1. The van der Waals surface area contributed by atoms with Gasteiger partial charge in [-0.05, 0) is 82.0 Å². The molecule has 3 aliphatic rings. The smallest absolute Gasteiger partial charge is 0.405 e. The van der Waals surface area contributed by atoms with E-state index < -0.39 is 30.2 Å². The average Bonchev–Trinajstić information content (AvgIpc) is 3.37. The summed E-state index contributed by atoms with van der Waals surface area (Å²) in [6.45, 7) is 3.35. The van der Waals surface area contributed by atoms with Gasteiger partial charge in [0.2, 0.25) is 11.8 Å². The van der Waals surface area contributed by atoms with Crippen LogP contribution in [0.1, 0.15) is 62.6 Å². The molecule has 1 aliphatic carbocycles. The molecule has 2 aliphatic heterocycles. The van der Waals surface area contributed by atoms with Gasteiger partial charge >= 0.3 is 6.09 Å². The minimum absolute atomic E-state index is 0.0632. The average molecular weight is 500 g/mol. The molecule has 5 N–H and O–H groups in total. The first-order valence-electron chi connectivity index (χ1n) is 13.0. The van der Waals surface area contributed by atoms with Gasteiger partial charge in [0.15, 0.2) is 6.10 Å². The summed E-state index contributed by atoms with van der Waals surface area (Å²) < 4.78 is 4.80. The molecule has 4 amide bonds. The van der Waals surface area contributed by atoms with Crippen LogP contribution in [0.25, 0.3) is 0 Å². The molecule has 10 heteroatoms. The Hall–Kier alpha value is -3.14. The van der Waals surface area contributed by atoms with Crippen LogP contribution in [0.2, 0.25) is 0 Å². The molecule has 2 fully saturated rings. The van der Waals surface area contributed by atoms with Crippen LogP contribution in [-0.4, -0.2) is 66.5 Å². The van der Waals surface area contributed by atoms with E-state index in [2.05, 4.69) is 28.1 Å². The quantitative estimate of drug-likeness (QED) is 0.443. The van der Waals surface area contributed by atoms with Gasteiger partial charge in [-0.25, -0.2) is 4.79 Å². The summed E-state index contributed by atoms with van der Waals surface area (Å²) in [5.74, 6) is -1.07. The number of primary amides is 1.